The first-order chi connectivity index (χ1) is 15.2. The number of ether oxygens (including phenoxy) is 1. The first kappa shape index (κ1) is 29.5. The maximum atomic E-state index is 13.2. The van der Waals surface area contributed by atoms with Crippen LogP contribution in [0.3, 0.4) is 0 Å². The third-order valence-electron chi connectivity index (χ3n) is 5.01. The van der Waals surface area contributed by atoms with Crippen LogP contribution in [0.2, 0.25) is 0 Å². The van der Waals surface area contributed by atoms with Crippen LogP contribution >= 0.6 is 36.2 Å². The zero-order valence-electron chi connectivity index (χ0n) is 19.5. The Labute approximate surface area is 215 Å². The standard InChI is InChI=1S/C24H27N3O4S.2ClH/c1-13(2)9-18-17(10-25)22(16-7-5-14(3)6-8-16)21(15(4)26-18)24(30)31-11-20-27-19(12-32-20)23(28)29;;/h5-8,12-13H,9-11,25H2,1-4H3,(H,28,29);2*1H. The number of halogens is 2. The lowest BCUT2D eigenvalue weighted by Crippen LogP contribution is -2.17. The van der Waals surface area contributed by atoms with Gasteiger partial charge in [-0.05, 0) is 37.3 Å². The number of nitrogens with zero attached hydrogens (tertiary/aromatic N) is 2. The fourth-order valence-electron chi connectivity index (χ4n) is 3.54. The first-order valence-electron chi connectivity index (χ1n) is 10.4. The van der Waals surface area contributed by atoms with E-state index in [1.807, 2.05) is 31.2 Å². The summed E-state index contributed by atoms with van der Waals surface area (Å²) in [4.78, 5) is 32.9. The van der Waals surface area contributed by atoms with Gasteiger partial charge in [0.25, 0.3) is 0 Å². The molecule has 7 nitrogen and oxygen atoms in total. The highest BCUT2D eigenvalue weighted by atomic mass is 35.5. The maximum Gasteiger partial charge on any atom is 0.355 e. The number of carbonyl (C=O) groups excluding carboxylic acids is 1. The van der Waals surface area contributed by atoms with Gasteiger partial charge in [-0.2, -0.15) is 0 Å². The molecule has 0 atom stereocenters. The molecular formula is C24H29Cl2N3O4S. The number of aromatic carboxylic acids is 1. The second-order valence-corrected chi connectivity index (χ2v) is 8.99. The number of esters is 1. The van der Waals surface area contributed by atoms with E-state index < -0.39 is 11.9 Å². The number of nitrogens with two attached hydrogens (primary N) is 1. The Morgan fingerprint density at radius 2 is 1.76 bits per heavy atom. The van der Waals surface area contributed by atoms with Crippen LogP contribution in [0.15, 0.2) is 29.6 Å². The first-order valence-corrected chi connectivity index (χ1v) is 11.2. The Kier molecular flexibility index (Phi) is 11.1. The van der Waals surface area contributed by atoms with Crippen molar-refractivity contribution in [3.05, 3.63) is 68.4 Å². The molecule has 2 heterocycles. The van der Waals surface area contributed by atoms with Crippen molar-refractivity contribution in [1.29, 1.82) is 0 Å². The molecule has 0 aliphatic rings. The normalized spacial score (nSPS) is 10.4. The molecule has 3 aromatic rings. The molecule has 184 valence electrons. The summed E-state index contributed by atoms with van der Waals surface area (Å²) in [5.74, 6) is -1.28. The van der Waals surface area contributed by atoms with Crippen LogP contribution in [-0.4, -0.2) is 27.0 Å². The molecule has 0 radical (unpaired) electrons. The Morgan fingerprint density at radius 1 is 1.12 bits per heavy atom. The van der Waals surface area contributed by atoms with Crippen LogP contribution in [0.5, 0.6) is 0 Å². The van der Waals surface area contributed by atoms with Gasteiger partial charge < -0.3 is 15.6 Å². The maximum absolute atomic E-state index is 13.2. The Hall–Kier alpha value is -2.52. The van der Waals surface area contributed by atoms with Gasteiger partial charge in [-0.1, -0.05) is 43.7 Å². The Morgan fingerprint density at radius 3 is 2.29 bits per heavy atom. The molecule has 3 rings (SSSR count). The predicted octanol–water partition coefficient (Wildman–Crippen LogP) is 5.38. The molecule has 0 spiro atoms. The third-order valence-corrected chi connectivity index (χ3v) is 5.83. The minimum Gasteiger partial charge on any atom is -0.476 e. The van der Waals surface area contributed by atoms with Gasteiger partial charge in [0.2, 0.25) is 0 Å². The van der Waals surface area contributed by atoms with Gasteiger partial charge in [-0.15, -0.1) is 36.2 Å². The molecule has 3 N–H and O–H groups in total. The number of pyridine rings is 1. The molecule has 2 aromatic heterocycles. The van der Waals surface area contributed by atoms with Gasteiger partial charge in [-0.3, -0.25) is 4.98 Å². The summed E-state index contributed by atoms with van der Waals surface area (Å²) < 4.78 is 5.53. The highest BCUT2D eigenvalue weighted by Gasteiger charge is 2.25. The lowest BCUT2D eigenvalue weighted by Gasteiger charge is -2.20. The topological polar surface area (TPSA) is 115 Å². The Bertz CT molecular complexity index is 1150. The Balaban J connectivity index is 0.00000289. The number of hydrogen-bond donors (Lipinski definition) is 2. The van der Waals surface area contributed by atoms with Crippen LogP contribution in [0.1, 0.15) is 62.2 Å². The zero-order chi connectivity index (χ0) is 23.4. The van der Waals surface area contributed by atoms with Gasteiger partial charge in [-0.25, -0.2) is 14.6 Å². The van der Waals surface area contributed by atoms with E-state index in [9.17, 15) is 9.59 Å². The summed E-state index contributed by atoms with van der Waals surface area (Å²) in [6.07, 6.45) is 0.749. The fourth-order valence-corrected chi connectivity index (χ4v) is 4.22. The molecule has 0 saturated heterocycles. The quantitative estimate of drug-likeness (QED) is 0.379. The number of carboxylic acids is 1. The summed E-state index contributed by atoms with van der Waals surface area (Å²) in [5, 5.41) is 10.9. The monoisotopic (exact) mass is 525 g/mol. The van der Waals surface area contributed by atoms with Crippen molar-refractivity contribution in [3.8, 4) is 11.1 Å². The van der Waals surface area contributed by atoms with Gasteiger partial charge in [0.05, 0.1) is 11.3 Å². The zero-order valence-corrected chi connectivity index (χ0v) is 21.9. The lowest BCUT2D eigenvalue weighted by molar-refractivity contribution is 0.0471. The molecule has 0 fully saturated rings. The van der Waals surface area contributed by atoms with E-state index >= 15 is 0 Å². The molecule has 0 saturated carbocycles. The highest BCUT2D eigenvalue weighted by molar-refractivity contribution is 7.09. The van der Waals surface area contributed by atoms with Gasteiger partial charge in [0.15, 0.2) is 5.69 Å². The number of aromatic nitrogens is 2. The van der Waals surface area contributed by atoms with Crippen molar-refractivity contribution in [2.75, 3.05) is 0 Å². The number of carboxylic acid groups (broad SMARTS) is 1. The molecular weight excluding hydrogens is 497 g/mol. The minimum absolute atomic E-state index is 0. The number of benzene rings is 1. The van der Waals surface area contributed by atoms with Crippen molar-refractivity contribution >= 4 is 48.1 Å². The number of hydrogen-bond acceptors (Lipinski definition) is 7. The second-order valence-electron chi connectivity index (χ2n) is 8.05. The van der Waals surface area contributed by atoms with Crippen molar-refractivity contribution in [1.82, 2.24) is 9.97 Å². The van der Waals surface area contributed by atoms with Crippen molar-refractivity contribution in [2.24, 2.45) is 11.7 Å². The number of carbonyl (C=O) groups is 2. The predicted molar refractivity (Wildman–Crippen MR) is 138 cm³/mol. The van der Waals surface area contributed by atoms with E-state index in [1.165, 1.54) is 5.38 Å². The average Bonchev–Trinajstić information content (AvgIpc) is 3.21. The van der Waals surface area contributed by atoms with Crippen molar-refractivity contribution < 1.29 is 19.4 Å². The highest BCUT2D eigenvalue weighted by Crippen LogP contribution is 2.33. The average molecular weight is 526 g/mol. The minimum atomic E-state index is -1.12. The van der Waals surface area contributed by atoms with Crippen molar-refractivity contribution in [2.45, 2.75) is 47.3 Å². The van der Waals surface area contributed by atoms with Crippen LogP contribution < -0.4 is 5.73 Å². The fraction of sp³-hybridized carbons (Fsp3) is 0.333. The molecule has 0 aliphatic heterocycles. The van der Waals surface area contributed by atoms with Crippen LogP contribution in [0.25, 0.3) is 11.1 Å². The number of thiazole rings is 1. The summed E-state index contributed by atoms with van der Waals surface area (Å²) in [6.45, 7) is 8.16. The van der Waals surface area contributed by atoms with Crippen LogP contribution in [0, 0.1) is 19.8 Å². The lowest BCUT2D eigenvalue weighted by atomic mass is 9.90. The van der Waals surface area contributed by atoms with E-state index in [0.29, 0.717) is 22.2 Å². The van der Waals surface area contributed by atoms with Gasteiger partial charge in [0, 0.05) is 23.2 Å². The molecule has 1 aromatic carbocycles. The summed E-state index contributed by atoms with van der Waals surface area (Å²) in [7, 11) is 0. The molecule has 0 unspecified atom stereocenters. The third kappa shape index (κ3) is 6.76. The van der Waals surface area contributed by atoms with Crippen LogP contribution in [0.4, 0.5) is 0 Å². The second kappa shape index (κ2) is 12.8. The summed E-state index contributed by atoms with van der Waals surface area (Å²) >= 11 is 1.13. The van der Waals surface area contributed by atoms with Crippen molar-refractivity contribution in [3.63, 3.8) is 0 Å². The smallest absolute Gasteiger partial charge is 0.355 e. The van der Waals surface area contributed by atoms with E-state index in [4.69, 9.17) is 20.6 Å². The number of rotatable bonds is 8. The molecule has 0 amide bonds. The molecule has 0 bridgehead atoms. The van der Waals surface area contributed by atoms with E-state index in [2.05, 4.69) is 18.8 Å². The van der Waals surface area contributed by atoms with Crippen LogP contribution in [-0.2, 0) is 24.3 Å². The van der Waals surface area contributed by atoms with E-state index in [1.54, 1.807) is 6.92 Å². The summed E-state index contributed by atoms with van der Waals surface area (Å²) in [6, 6.07) is 7.93. The van der Waals surface area contributed by atoms with Gasteiger partial charge >= 0.3 is 11.9 Å². The van der Waals surface area contributed by atoms with E-state index in [0.717, 1.165) is 45.7 Å². The molecule has 34 heavy (non-hydrogen) atoms. The van der Waals surface area contributed by atoms with Gasteiger partial charge in [0.1, 0.15) is 11.6 Å². The molecule has 0 aliphatic carbocycles. The largest absolute Gasteiger partial charge is 0.476 e. The van der Waals surface area contributed by atoms with E-state index in [-0.39, 0.29) is 43.7 Å². The SMILES string of the molecule is Cc1ccc(-c2c(CN)c(CC(C)C)nc(C)c2C(=O)OCc2nc(C(=O)O)cs2)cc1.Cl.Cl. The summed E-state index contributed by atoms with van der Waals surface area (Å²) in [5.41, 5.74) is 11.5. The number of aryl methyl sites for hydroxylation is 2. The molecule has 10 heteroatoms.